The summed E-state index contributed by atoms with van der Waals surface area (Å²) in [7, 11) is 1.30. The van der Waals surface area contributed by atoms with Crippen molar-refractivity contribution in [1.82, 2.24) is 5.32 Å². The van der Waals surface area contributed by atoms with Gasteiger partial charge in [-0.1, -0.05) is 12.1 Å². The molecule has 1 aromatic carbocycles. The summed E-state index contributed by atoms with van der Waals surface area (Å²) >= 11 is 0. The molecule has 120 valence electrons. The van der Waals surface area contributed by atoms with Gasteiger partial charge in [0, 0.05) is 5.56 Å². The van der Waals surface area contributed by atoms with Crippen molar-refractivity contribution in [2.75, 3.05) is 7.11 Å². The van der Waals surface area contributed by atoms with E-state index >= 15 is 0 Å². The maximum absolute atomic E-state index is 12.0. The number of benzene rings is 1. The van der Waals surface area contributed by atoms with E-state index in [4.69, 9.17) is 9.47 Å². The first-order valence-corrected chi connectivity index (χ1v) is 7.11. The molecule has 1 aliphatic rings. The van der Waals surface area contributed by atoms with Crippen LogP contribution in [-0.4, -0.2) is 29.9 Å². The Morgan fingerprint density at radius 3 is 2.59 bits per heavy atom. The Balaban J connectivity index is 2.27. The van der Waals surface area contributed by atoms with Crippen LogP contribution in [0, 0.1) is 5.92 Å². The van der Waals surface area contributed by atoms with Crippen LogP contribution in [0.25, 0.3) is 0 Å². The van der Waals surface area contributed by atoms with Crippen LogP contribution in [-0.2, 0) is 20.7 Å². The van der Waals surface area contributed by atoms with Gasteiger partial charge in [0.2, 0.25) is 0 Å². The molecule has 0 aliphatic heterocycles. The summed E-state index contributed by atoms with van der Waals surface area (Å²) < 4.78 is 10.0. The molecule has 22 heavy (non-hydrogen) atoms. The van der Waals surface area contributed by atoms with E-state index in [1.165, 1.54) is 7.11 Å². The van der Waals surface area contributed by atoms with Crippen LogP contribution in [0.5, 0.6) is 5.75 Å². The predicted octanol–water partition coefficient (Wildman–Crippen LogP) is 2.30. The number of alkyl carbamates (subject to hydrolysis) is 1. The number of esters is 1. The van der Waals surface area contributed by atoms with Crippen LogP contribution < -0.4 is 5.32 Å². The summed E-state index contributed by atoms with van der Waals surface area (Å²) in [6, 6.07) is 4.44. The number of rotatable bonds is 2. The van der Waals surface area contributed by atoms with E-state index in [2.05, 4.69) is 5.32 Å². The van der Waals surface area contributed by atoms with Gasteiger partial charge in [0.25, 0.3) is 0 Å². The fourth-order valence-corrected chi connectivity index (χ4v) is 2.64. The molecular weight excluding hydrogens is 286 g/mol. The number of amides is 1. The number of nitrogens with one attached hydrogen (secondary N) is 1. The van der Waals surface area contributed by atoms with Gasteiger partial charge < -0.3 is 19.9 Å². The second-order valence-electron chi connectivity index (χ2n) is 6.30. The van der Waals surface area contributed by atoms with Gasteiger partial charge in [0.1, 0.15) is 11.4 Å². The van der Waals surface area contributed by atoms with E-state index in [1.54, 1.807) is 39.0 Å². The summed E-state index contributed by atoms with van der Waals surface area (Å²) in [5.41, 5.74) is 0.727. The van der Waals surface area contributed by atoms with Crippen LogP contribution in [0.4, 0.5) is 4.79 Å². The van der Waals surface area contributed by atoms with E-state index in [1.807, 2.05) is 0 Å². The average Bonchev–Trinajstić information content (AvgIpc) is 2.76. The zero-order valence-electron chi connectivity index (χ0n) is 13.2. The van der Waals surface area contributed by atoms with Gasteiger partial charge in [-0.15, -0.1) is 0 Å². The molecule has 1 aliphatic carbocycles. The van der Waals surface area contributed by atoms with E-state index in [9.17, 15) is 14.7 Å². The molecule has 0 heterocycles. The lowest BCUT2D eigenvalue weighted by molar-refractivity contribution is -0.146. The van der Waals surface area contributed by atoms with Crippen molar-refractivity contribution >= 4 is 12.1 Å². The van der Waals surface area contributed by atoms with Crippen LogP contribution in [0.15, 0.2) is 18.2 Å². The van der Waals surface area contributed by atoms with Crippen molar-refractivity contribution in [2.24, 2.45) is 5.92 Å². The number of carbonyl (C=O) groups excluding carboxylic acids is 2. The minimum Gasteiger partial charge on any atom is -0.508 e. The molecule has 2 N–H and O–H groups in total. The van der Waals surface area contributed by atoms with Crippen molar-refractivity contribution < 1.29 is 24.2 Å². The average molecular weight is 307 g/mol. The summed E-state index contributed by atoms with van der Waals surface area (Å²) in [4.78, 5) is 24.0. The largest absolute Gasteiger partial charge is 0.508 e. The van der Waals surface area contributed by atoms with E-state index < -0.39 is 29.6 Å². The van der Waals surface area contributed by atoms with Gasteiger partial charge in [-0.3, -0.25) is 4.79 Å². The number of methoxy groups -OCH3 is 1. The third-order valence-corrected chi connectivity index (χ3v) is 3.53. The molecule has 6 nitrogen and oxygen atoms in total. The molecule has 0 radical (unpaired) electrons. The smallest absolute Gasteiger partial charge is 0.408 e. The summed E-state index contributed by atoms with van der Waals surface area (Å²) in [5.74, 6) is -0.905. The number of carbonyl (C=O) groups is 2. The van der Waals surface area contributed by atoms with Gasteiger partial charge in [-0.05, 0) is 38.8 Å². The molecule has 1 aromatic rings. The number of phenols is 1. The second-order valence-corrected chi connectivity index (χ2v) is 6.30. The Labute approximate surface area is 129 Å². The highest BCUT2D eigenvalue weighted by Crippen LogP contribution is 2.41. The molecule has 0 spiro atoms. The quantitative estimate of drug-likeness (QED) is 0.819. The van der Waals surface area contributed by atoms with Crippen LogP contribution in [0.2, 0.25) is 0 Å². The molecule has 0 saturated heterocycles. The number of hydrogen-bond acceptors (Lipinski definition) is 5. The lowest BCUT2D eigenvalue weighted by Gasteiger charge is -2.24. The molecule has 2 rings (SSSR count). The first-order valence-electron chi connectivity index (χ1n) is 7.11. The fourth-order valence-electron chi connectivity index (χ4n) is 2.64. The van der Waals surface area contributed by atoms with E-state index in [-0.39, 0.29) is 5.75 Å². The predicted molar refractivity (Wildman–Crippen MR) is 79.4 cm³/mol. The van der Waals surface area contributed by atoms with Crippen molar-refractivity contribution in [3.63, 3.8) is 0 Å². The van der Waals surface area contributed by atoms with Crippen molar-refractivity contribution in [2.45, 2.75) is 38.8 Å². The SMILES string of the molecule is COC(=O)C1Cc2c(O)cccc2C1NC(=O)OC(C)(C)C. The number of phenolic OH excluding ortho intramolecular Hbond substituents is 1. The summed E-state index contributed by atoms with van der Waals surface area (Å²) in [5, 5.41) is 12.7. The molecular formula is C16H21NO5. The Hall–Kier alpha value is -2.24. The summed E-state index contributed by atoms with van der Waals surface area (Å²) in [6.45, 7) is 5.29. The fraction of sp³-hybridized carbons (Fsp3) is 0.500. The van der Waals surface area contributed by atoms with Gasteiger partial charge in [-0.2, -0.15) is 0 Å². The van der Waals surface area contributed by atoms with Crippen LogP contribution in [0.1, 0.15) is 37.9 Å². The first kappa shape index (κ1) is 16.1. The van der Waals surface area contributed by atoms with Gasteiger partial charge in [0.15, 0.2) is 0 Å². The highest BCUT2D eigenvalue weighted by atomic mass is 16.6. The standard InChI is InChI=1S/C16H21NO5/c1-16(2,3)22-15(20)17-13-9-6-5-7-12(18)10(9)8-11(13)14(19)21-4/h5-7,11,13,18H,8H2,1-4H3,(H,17,20). The van der Waals surface area contributed by atoms with Gasteiger partial charge >= 0.3 is 12.1 Å². The third-order valence-electron chi connectivity index (χ3n) is 3.53. The van der Waals surface area contributed by atoms with Crippen molar-refractivity contribution in [1.29, 1.82) is 0 Å². The van der Waals surface area contributed by atoms with Gasteiger partial charge in [0.05, 0.1) is 19.1 Å². The van der Waals surface area contributed by atoms with Crippen molar-refractivity contribution in [3.8, 4) is 5.75 Å². The van der Waals surface area contributed by atoms with E-state index in [0.717, 1.165) is 0 Å². The molecule has 1 amide bonds. The highest BCUT2D eigenvalue weighted by Gasteiger charge is 2.40. The molecule has 0 aromatic heterocycles. The topological polar surface area (TPSA) is 84.9 Å². The summed E-state index contributed by atoms with van der Waals surface area (Å²) in [6.07, 6.45) is -0.294. The number of ether oxygens (including phenoxy) is 2. The molecule has 2 unspecified atom stereocenters. The number of hydrogen-bond donors (Lipinski definition) is 2. The van der Waals surface area contributed by atoms with Crippen LogP contribution in [0.3, 0.4) is 0 Å². The maximum Gasteiger partial charge on any atom is 0.408 e. The Morgan fingerprint density at radius 2 is 2.00 bits per heavy atom. The third kappa shape index (κ3) is 3.32. The monoisotopic (exact) mass is 307 g/mol. The number of fused-ring (bicyclic) bond motifs is 1. The molecule has 6 heteroatoms. The molecule has 0 saturated carbocycles. The molecule has 0 bridgehead atoms. The lowest BCUT2D eigenvalue weighted by Crippen LogP contribution is -2.38. The normalized spacial score (nSPS) is 20.2. The minimum atomic E-state index is -0.634. The van der Waals surface area contributed by atoms with Crippen molar-refractivity contribution in [3.05, 3.63) is 29.3 Å². The molecule has 0 fully saturated rings. The maximum atomic E-state index is 12.0. The zero-order valence-corrected chi connectivity index (χ0v) is 13.2. The van der Waals surface area contributed by atoms with Crippen LogP contribution >= 0.6 is 0 Å². The zero-order chi connectivity index (χ0) is 16.5. The highest BCUT2D eigenvalue weighted by molar-refractivity contribution is 5.78. The Kier molecular flexibility index (Phi) is 4.30. The molecule has 2 atom stereocenters. The minimum absolute atomic E-state index is 0.111. The first-order chi connectivity index (χ1) is 10.2. The van der Waals surface area contributed by atoms with Gasteiger partial charge in [-0.25, -0.2) is 4.79 Å². The second kappa shape index (κ2) is 5.87. The lowest BCUT2D eigenvalue weighted by atomic mass is 10.0. The number of aromatic hydroxyl groups is 1. The Morgan fingerprint density at radius 1 is 1.32 bits per heavy atom. The van der Waals surface area contributed by atoms with E-state index in [0.29, 0.717) is 17.5 Å². The Bertz CT molecular complexity index is 591.